The number of hydrogen-bond acceptors (Lipinski definition) is 5. The minimum atomic E-state index is -2.88. The van der Waals surface area contributed by atoms with Gasteiger partial charge in [0, 0.05) is 0 Å². The van der Waals surface area contributed by atoms with Crippen molar-refractivity contribution in [1.29, 1.82) is 0 Å². The number of alkyl halides is 2. The molecule has 1 fully saturated rings. The lowest BCUT2D eigenvalue weighted by atomic mass is 9.95. The Morgan fingerprint density at radius 3 is 2.41 bits per heavy atom. The summed E-state index contributed by atoms with van der Waals surface area (Å²) in [5, 5.41) is 8.79. The van der Waals surface area contributed by atoms with Crippen LogP contribution in [0.4, 0.5) is 8.78 Å². The maximum Gasteiger partial charge on any atom is 0.387 e. The Morgan fingerprint density at radius 2 is 1.89 bits per heavy atom. The number of amides is 2. The second-order valence-electron chi connectivity index (χ2n) is 7.03. The van der Waals surface area contributed by atoms with Gasteiger partial charge in [0.2, 0.25) is 11.8 Å². The zero-order valence-electron chi connectivity index (χ0n) is 15.8. The van der Waals surface area contributed by atoms with Gasteiger partial charge in [-0.2, -0.15) is 8.78 Å². The molecule has 1 aliphatic rings. The molecule has 1 saturated heterocycles. The maximum absolute atomic E-state index is 12.7. The van der Waals surface area contributed by atoms with E-state index >= 15 is 0 Å². The van der Waals surface area contributed by atoms with Gasteiger partial charge in [-0.25, -0.2) is 0 Å². The van der Waals surface area contributed by atoms with Crippen LogP contribution in [0.1, 0.15) is 31.9 Å². The normalized spacial score (nSPS) is 21.3. The molecular formula is C18H26F2N4O3. The molecule has 0 aliphatic carbocycles. The van der Waals surface area contributed by atoms with Gasteiger partial charge in [0.25, 0.3) is 0 Å². The topological polar surface area (TPSA) is 82.7 Å². The van der Waals surface area contributed by atoms with Crippen molar-refractivity contribution >= 4 is 11.8 Å². The number of hydrogen-bond donors (Lipinski definition) is 3. The molecule has 3 N–H and O–H groups in total. The molecule has 0 saturated carbocycles. The van der Waals surface area contributed by atoms with Gasteiger partial charge in [-0.1, -0.05) is 26.0 Å². The maximum atomic E-state index is 12.7. The highest BCUT2D eigenvalue weighted by molar-refractivity contribution is 5.89. The van der Waals surface area contributed by atoms with Gasteiger partial charge in [0.1, 0.15) is 12.0 Å². The first-order valence-electron chi connectivity index (χ1n) is 8.74. The lowest BCUT2D eigenvalue weighted by Crippen LogP contribution is -2.65. The van der Waals surface area contributed by atoms with E-state index in [1.165, 1.54) is 12.1 Å². The predicted octanol–water partition coefficient (Wildman–Crippen LogP) is 1.42. The van der Waals surface area contributed by atoms with Crippen molar-refractivity contribution in [2.24, 2.45) is 5.92 Å². The largest absolute Gasteiger partial charge is 0.435 e. The molecule has 1 aromatic carbocycles. The second kappa shape index (κ2) is 9.09. The molecule has 1 aliphatic heterocycles. The SMILES string of the molecule is CC(C)[C@@H](NC(=O)C1CC(=O)NC(N(C)C)N1)c1ccc(OC(F)F)cc1. The summed E-state index contributed by atoms with van der Waals surface area (Å²) in [6, 6.07) is 5.18. The molecule has 3 atom stereocenters. The number of carbonyl (C=O) groups is 2. The van der Waals surface area contributed by atoms with E-state index in [1.807, 2.05) is 13.8 Å². The van der Waals surface area contributed by atoms with Gasteiger partial charge in [-0.3, -0.25) is 19.8 Å². The van der Waals surface area contributed by atoms with Gasteiger partial charge < -0.3 is 15.4 Å². The summed E-state index contributed by atoms with van der Waals surface area (Å²) in [7, 11) is 3.58. The predicted molar refractivity (Wildman–Crippen MR) is 96.0 cm³/mol. The summed E-state index contributed by atoms with van der Waals surface area (Å²) >= 11 is 0. The number of benzene rings is 1. The van der Waals surface area contributed by atoms with Crippen LogP contribution in [0.5, 0.6) is 5.75 Å². The van der Waals surface area contributed by atoms with E-state index in [9.17, 15) is 18.4 Å². The Kier molecular flexibility index (Phi) is 7.09. The number of ether oxygens (including phenoxy) is 1. The van der Waals surface area contributed by atoms with Crippen LogP contribution >= 0.6 is 0 Å². The highest BCUT2D eigenvalue weighted by Crippen LogP contribution is 2.25. The third-order valence-electron chi connectivity index (χ3n) is 4.31. The average Bonchev–Trinajstić information content (AvgIpc) is 2.59. The third-order valence-corrected chi connectivity index (χ3v) is 4.31. The first-order chi connectivity index (χ1) is 12.7. The fourth-order valence-electron chi connectivity index (χ4n) is 2.88. The first-order valence-corrected chi connectivity index (χ1v) is 8.74. The molecule has 1 aromatic rings. The van der Waals surface area contributed by atoms with Crippen LogP contribution in [0.2, 0.25) is 0 Å². The zero-order valence-corrected chi connectivity index (χ0v) is 15.8. The van der Waals surface area contributed by atoms with Gasteiger partial charge in [-0.05, 0) is 37.7 Å². The van der Waals surface area contributed by atoms with Gasteiger partial charge in [-0.15, -0.1) is 0 Å². The van der Waals surface area contributed by atoms with Gasteiger partial charge in [0.05, 0.1) is 18.5 Å². The Morgan fingerprint density at radius 1 is 1.26 bits per heavy atom. The molecule has 0 aromatic heterocycles. The van der Waals surface area contributed by atoms with E-state index in [0.29, 0.717) is 0 Å². The smallest absolute Gasteiger partial charge is 0.387 e. The highest BCUT2D eigenvalue weighted by atomic mass is 19.3. The van der Waals surface area contributed by atoms with Gasteiger partial charge in [0.15, 0.2) is 0 Å². The molecule has 0 bridgehead atoms. The van der Waals surface area contributed by atoms with E-state index in [1.54, 1.807) is 31.1 Å². The molecule has 2 amide bonds. The number of nitrogens with one attached hydrogen (secondary N) is 3. The lowest BCUT2D eigenvalue weighted by molar-refractivity contribution is -0.134. The number of halogens is 2. The number of nitrogens with zero attached hydrogens (tertiary/aromatic N) is 1. The van der Waals surface area contributed by atoms with Crippen LogP contribution in [0.15, 0.2) is 24.3 Å². The first kappa shape index (κ1) is 21.0. The van der Waals surface area contributed by atoms with Crippen LogP contribution in [0.3, 0.4) is 0 Å². The van der Waals surface area contributed by atoms with E-state index < -0.39 is 18.9 Å². The molecule has 27 heavy (non-hydrogen) atoms. The molecule has 2 rings (SSSR count). The zero-order chi connectivity index (χ0) is 20.1. The summed E-state index contributed by atoms with van der Waals surface area (Å²) in [6.07, 6.45) is -0.382. The quantitative estimate of drug-likeness (QED) is 0.663. The lowest BCUT2D eigenvalue weighted by Gasteiger charge is -2.35. The average molecular weight is 384 g/mol. The number of carbonyl (C=O) groups excluding carboxylic acids is 2. The summed E-state index contributed by atoms with van der Waals surface area (Å²) in [4.78, 5) is 26.4. The van der Waals surface area contributed by atoms with Crippen LogP contribution < -0.4 is 20.7 Å². The third kappa shape index (κ3) is 5.86. The van der Waals surface area contributed by atoms with Crippen molar-refractivity contribution in [1.82, 2.24) is 20.9 Å². The monoisotopic (exact) mass is 384 g/mol. The highest BCUT2D eigenvalue weighted by Gasteiger charge is 2.33. The molecule has 9 heteroatoms. The van der Waals surface area contributed by atoms with Crippen molar-refractivity contribution in [2.45, 2.75) is 45.3 Å². The molecular weight excluding hydrogens is 358 g/mol. The van der Waals surface area contributed by atoms with Crippen molar-refractivity contribution in [3.63, 3.8) is 0 Å². The van der Waals surface area contributed by atoms with Crippen LogP contribution in [-0.4, -0.2) is 49.8 Å². The van der Waals surface area contributed by atoms with E-state index in [-0.39, 0.29) is 35.9 Å². The van der Waals surface area contributed by atoms with Gasteiger partial charge >= 0.3 is 6.61 Å². The van der Waals surface area contributed by atoms with Crippen LogP contribution in [0.25, 0.3) is 0 Å². The molecule has 2 unspecified atom stereocenters. The van der Waals surface area contributed by atoms with Crippen molar-refractivity contribution in [3.05, 3.63) is 29.8 Å². The number of rotatable bonds is 7. The molecule has 0 spiro atoms. The van der Waals surface area contributed by atoms with Crippen LogP contribution in [-0.2, 0) is 9.59 Å². The van der Waals surface area contributed by atoms with E-state index in [2.05, 4.69) is 20.7 Å². The Balaban J connectivity index is 2.08. The minimum absolute atomic E-state index is 0.0438. The van der Waals surface area contributed by atoms with Crippen molar-refractivity contribution in [2.75, 3.05) is 14.1 Å². The summed E-state index contributed by atoms with van der Waals surface area (Å²) in [5.74, 6) is -0.384. The van der Waals surface area contributed by atoms with Crippen molar-refractivity contribution < 1.29 is 23.1 Å². The summed E-state index contributed by atoms with van der Waals surface area (Å²) < 4.78 is 28.9. The Hall–Kier alpha value is -2.26. The summed E-state index contributed by atoms with van der Waals surface area (Å²) in [5.41, 5.74) is 0.768. The standard InChI is InChI=1S/C18H26F2N4O3/c1-10(2)15(11-5-7-12(8-6-11)27-17(19)20)23-16(26)13-9-14(25)22-18(21-13)24(3)4/h5-8,10,13,15,17-18,21H,9H2,1-4H3,(H,22,25)(H,23,26)/t13?,15-,18?/m1/s1. The fraction of sp³-hybridized carbons (Fsp3) is 0.556. The van der Waals surface area contributed by atoms with Crippen molar-refractivity contribution in [3.8, 4) is 5.75 Å². The summed E-state index contributed by atoms with van der Waals surface area (Å²) in [6.45, 7) is 1.00. The molecule has 1 heterocycles. The van der Waals surface area contributed by atoms with E-state index in [0.717, 1.165) is 5.56 Å². The second-order valence-corrected chi connectivity index (χ2v) is 7.03. The Bertz CT molecular complexity index is 653. The minimum Gasteiger partial charge on any atom is -0.435 e. The van der Waals surface area contributed by atoms with E-state index in [4.69, 9.17) is 0 Å². The molecule has 0 radical (unpaired) electrons. The van der Waals surface area contributed by atoms with Crippen LogP contribution in [0, 0.1) is 5.92 Å². The Labute approximate surface area is 157 Å². The fourth-order valence-corrected chi connectivity index (χ4v) is 2.88. The molecule has 7 nitrogen and oxygen atoms in total. The molecule has 150 valence electrons.